The number of hydrogen-bond acceptors (Lipinski definition) is 3. The summed E-state index contributed by atoms with van der Waals surface area (Å²) in [5.41, 5.74) is 2.29. The molecule has 2 aromatic carbocycles. The van der Waals surface area contributed by atoms with E-state index in [1.54, 1.807) is 12.4 Å². The third-order valence-corrected chi connectivity index (χ3v) is 4.67. The highest BCUT2D eigenvalue weighted by Crippen LogP contribution is 2.30. The standard InChI is InChI=1S/C23H23N3O3/c1-3-26-20-6-5-7-22(28-4-2)19(20)14-21(26)23(27)25-16-8-10-17(11-9-16)29-18-12-13-24-15-18/h5-15,24H,3-4H2,1-2H3,(H,25,27). The number of amides is 1. The molecule has 0 bridgehead atoms. The lowest BCUT2D eigenvalue weighted by Gasteiger charge is -2.10. The third kappa shape index (κ3) is 3.82. The molecule has 148 valence electrons. The van der Waals surface area contributed by atoms with Crippen molar-refractivity contribution in [3.63, 3.8) is 0 Å². The van der Waals surface area contributed by atoms with Crippen LogP contribution in [0.4, 0.5) is 5.69 Å². The molecule has 0 radical (unpaired) electrons. The molecule has 0 aliphatic heterocycles. The summed E-state index contributed by atoms with van der Waals surface area (Å²) in [7, 11) is 0. The van der Waals surface area contributed by atoms with Crippen LogP contribution in [0.1, 0.15) is 24.3 Å². The zero-order valence-electron chi connectivity index (χ0n) is 16.4. The van der Waals surface area contributed by atoms with Crippen LogP contribution in [0, 0.1) is 0 Å². The number of rotatable bonds is 7. The molecule has 0 unspecified atom stereocenters. The first-order valence-corrected chi connectivity index (χ1v) is 9.66. The molecule has 0 saturated heterocycles. The van der Waals surface area contributed by atoms with E-state index in [1.807, 2.05) is 73.0 Å². The topological polar surface area (TPSA) is 68.3 Å². The molecule has 4 rings (SSSR count). The van der Waals surface area contributed by atoms with E-state index in [4.69, 9.17) is 9.47 Å². The van der Waals surface area contributed by atoms with E-state index in [9.17, 15) is 4.79 Å². The summed E-state index contributed by atoms with van der Waals surface area (Å²) in [5, 5.41) is 3.91. The largest absolute Gasteiger partial charge is 0.493 e. The molecular weight excluding hydrogens is 366 g/mol. The maximum absolute atomic E-state index is 13.0. The van der Waals surface area contributed by atoms with Gasteiger partial charge in [0.2, 0.25) is 0 Å². The van der Waals surface area contributed by atoms with Crippen molar-refractivity contribution in [3.05, 3.63) is 72.7 Å². The highest BCUT2D eigenvalue weighted by atomic mass is 16.5. The van der Waals surface area contributed by atoms with Crippen LogP contribution in [-0.2, 0) is 6.54 Å². The first-order valence-electron chi connectivity index (χ1n) is 9.66. The van der Waals surface area contributed by atoms with Crippen molar-refractivity contribution < 1.29 is 14.3 Å². The number of ether oxygens (including phenoxy) is 2. The van der Waals surface area contributed by atoms with Crippen LogP contribution < -0.4 is 14.8 Å². The van der Waals surface area contributed by atoms with Crippen molar-refractivity contribution in [1.29, 1.82) is 0 Å². The van der Waals surface area contributed by atoms with Crippen molar-refractivity contribution in [1.82, 2.24) is 9.55 Å². The van der Waals surface area contributed by atoms with E-state index >= 15 is 0 Å². The SMILES string of the molecule is CCOc1cccc2c1cc(C(=O)Nc1ccc(Oc3cc[nH]c3)cc1)n2CC. The summed E-state index contributed by atoms with van der Waals surface area (Å²) in [6.45, 7) is 5.24. The first-order chi connectivity index (χ1) is 14.2. The van der Waals surface area contributed by atoms with Crippen molar-refractivity contribution >= 4 is 22.5 Å². The fraction of sp³-hybridized carbons (Fsp3) is 0.174. The lowest BCUT2D eigenvalue weighted by Crippen LogP contribution is -2.16. The zero-order valence-corrected chi connectivity index (χ0v) is 16.4. The predicted molar refractivity (Wildman–Crippen MR) is 114 cm³/mol. The first kappa shape index (κ1) is 18.7. The van der Waals surface area contributed by atoms with Crippen LogP contribution in [-0.4, -0.2) is 22.1 Å². The van der Waals surface area contributed by atoms with E-state index in [2.05, 4.69) is 10.3 Å². The lowest BCUT2D eigenvalue weighted by molar-refractivity contribution is 0.101. The Morgan fingerprint density at radius 3 is 2.59 bits per heavy atom. The molecule has 0 fully saturated rings. The minimum Gasteiger partial charge on any atom is -0.493 e. The second-order valence-electron chi connectivity index (χ2n) is 6.52. The second-order valence-corrected chi connectivity index (χ2v) is 6.52. The van der Waals surface area contributed by atoms with Gasteiger partial charge in [0, 0.05) is 30.0 Å². The molecule has 29 heavy (non-hydrogen) atoms. The molecule has 4 aromatic rings. The van der Waals surface area contributed by atoms with Crippen molar-refractivity contribution in [2.24, 2.45) is 0 Å². The highest BCUT2D eigenvalue weighted by molar-refractivity contribution is 6.07. The molecule has 0 spiro atoms. The molecule has 0 atom stereocenters. The Hall–Kier alpha value is -3.67. The van der Waals surface area contributed by atoms with Gasteiger partial charge in [0.05, 0.1) is 12.1 Å². The van der Waals surface area contributed by atoms with Gasteiger partial charge < -0.3 is 24.3 Å². The van der Waals surface area contributed by atoms with Crippen molar-refractivity contribution in [3.8, 4) is 17.2 Å². The number of anilines is 1. The molecular formula is C23H23N3O3. The van der Waals surface area contributed by atoms with E-state index in [0.717, 1.165) is 22.4 Å². The lowest BCUT2D eigenvalue weighted by atomic mass is 10.2. The predicted octanol–water partition coefficient (Wildman–Crippen LogP) is 5.43. The number of aryl methyl sites for hydroxylation is 1. The fourth-order valence-corrected chi connectivity index (χ4v) is 3.38. The number of carbonyl (C=O) groups is 1. The van der Waals surface area contributed by atoms with Crippen LogP contribution >= 0.6 is 0 Å². The zero-order chi connectivity index (χ0) is 20.2. The number of nitrogens with one attached hydrogen (secondary N) is 2. The Morgan fingerprint density at radius 2 is 1.90 bits per heavy atom. The van der Waals surface area contributed by atoms with Gasteiger partial charge in [0.25, 0.3) is 5.91 Å². The quantitative estimate of drug-likeness (QED) is 0.443. The maximum atomic E-state index is 13.0. The van der Waals surface area contributed by atoms with Crippen molar-refractivity contribution in [2.75, 3.05) is 11.9 Å². The molecule has 2 heterocycles. The van der Waals surface area contributed by atoms with E-state index in [1.165, 1.54) is 0 Å². The van der Waals surface area contributed by atoms with Gasteiger partial charge in [-0.15, -0.1) is 0 Å². The van der Waals surface area contributed by atoms with E-state index in [0.29, 0.717) is 30.3 Å². The fourth-order valence-electron chi connectivity index (χ4n) is 3.38. The number of carbonyl (C=O) groups excluding carboxylic acids is 1. The second kappa shape index (κ2) is 8.14. The van der Waals surface area contributed by atoms with E-state index in [-0.39, 0.29) is 5.91 Å². The molecule has 6 heteroatoms. The summed E-state index contributed by atoms with van der Waals surface area (Å²) < 4.78 is 13.4. The van der Waals surface area contributed by atoms with Gasteiger partial charge in [-0.25, -0.2) is 0 Å². The Balaban J connectivity index is 1.56. The minimum atomic E-state index is -0.162. The molecule has 0 aliphatic carbocycles. The van der Waals surface area contributed by atoms with Crippen LogP contribution in [0.15, 0.2) is 67.0 Å². The Bertz CT molecular complexity index is 1110. The third-order valence-electron chi connectivity index (χ3n) is 4.67. The van der Waals surface area contributed by atoms with Gasteiger partial charge in [0.1, 0.15) is 22.9 Å². The Labute approximate surface area is 169 Å². The van der Waals surface area contributed by atoms with Gasteiger partial charge in [-0.1, -0.05) is 6.07 Å². The van der Waals surface area contributed by atoms with Crippen molar-refractivity contribution in [2.45, 2.75) is 20.4 Å². The van der Waals surface area contributed by atoms with Crippen LogP contribution in [0.2, 0.25) is 0 Å². The number of aromatic amines is 1. The summed E-state index contributed by atoms with van der Waals surface area (Å²) in [5.74, 6) is 2.06. The molecule has 6 nitrogen and oxygen atoms in total. The van der Waals surface area contributed by atoms with E-state index < -0.39 is 0 Å². The maximum Gasteiger partial charge on any atom is 0.272 e. The normalized spacial score (nSPS) is 10.8. The summed E-state index contributed by atoms with van der Waals surface area (Å²) >= 11 is 0. The number of nitrogens with zero attached hydrogens (tertiary/aromatic N) is 1. The Morgan fingerprint density at radius 1 is 1.07 bits per heavy atom. The number of hydrogen-bond donors (Lipinski definition) is 2. The number of aromatic nitrogens is 2. The Kier molecular flexibility index (Phi) is 5.24. The van der Waals surface area contributed by atoms with Crippen LogP contribution in [0.25, 0.3) is 10.9 Å². The number of benzene rings is 2. The number of H-pyrrole nitrogens is 1. The average Bonchev–Trinajstić information content (AvgIpc) is 3.37. The smallest absolute Gasteiger partial charge is 0.272 e. The van der Waals surface area contributed by atoms with Gasteiger partial charge >= 0.3 is 0 Å². The van der Waals surface area contributed by atoms with Crippen LogP contribution in [0.5, 0.6) is 17.2 Å². The molecule has 1 amide bonds. The number of fused-ring (bicyclic) bond motifs is 1. The van der Waals surface area contributed by atoms with Crippen LogP contribution in [0.3, 0.4) is 0 Å². The monoisotopic (exact) mass is 389 g/mol. The molecule has 2 aromatic heterocycles. The average molecular weight is 389 g/mol. The minimum absolute atomic E-state index is 0.162. The summed E-state index contributed by atoms with van der Waals surface area (Å²) in [6, 6.07) is 16.9. The van der Waals surface area contributed by atoms with Gasteiger partial charge in [-0.2, -0.15) is 0 Å². The summed E-state index contributed by atoms with van der Waals surface area (Å²) in [4.78, 5) is 15.9. The van der Waals surface area contributed by atoms with Gasteiger partial charge in [-0.05, 0) is 62.4 Å². The highest BCUT2D eigenvalue weighted by Gasteiger charge is 2.17. The van der Waals surface area contributed by atoms with Gasteiger partial charge in [-0.3, -0.25) is 4.79 Å². The molecule has 0 aliphatic rings. The molecule has 2 N–H and O–H groups in total. The summed E-state index contributed by atoms with van der Waals surface area (Å²) in [6.07, 6.45) is 3.57. The van der Waals surface area contributed by atoms with Gasteiger partial charge in [0.15, 0.2) is 0 Å². The molecule has 0 saturated carbocycles.